The van der Waals surface area contributed by atoms with Gasteiger partial charge in [0.05, 0.1) is 13.2 Å². The Labute approximate surface area is 105 Å². The van der Waals surface area contributed by atoms with E-state index in [4.69, 9.17) is 14.2 Å². The maximum Gasteiger partial charge on any atom is 0.159 e. The lowest BCUT2D eigenvalue weighted by Gasteiger charge is -2.27. The van der Waals surface area contributed by atoms with Crippen molar-refractivity contribution in [3.05, 3.63) is 0 Å². The zero-order valence-corrected chi connectivity index (χ0v) is 11.4. The molecule has 4 nitrogen and oxygen atoms in total. The molecule has 0 aromatic heterocycles. The van der Waals surface area contributed by atoms with Crippen LogP contribution in [0.2, 0.25) is 0 Å². The first-order chi connectivity index (χ1) is 8.27. The highest BCUT2D eigenvalue weighted by molar-refractivity contribution is 4.75. The molecule has 2 unspecified atom stereocenters. The molecule has 0 aromatic carbocycles. The molecule has 1 rings (SSSR count). The van der Waals surface area contributed by atoms with E-state index >= 15 is 0 Å². The van der Waals surface area contributed by atoms with Crippen LogP contribution in [0.25, 0.3) is 0 Å². The average molecular weight is 245 g/mol. The summed E-state index contributed by atoms with van der Waals surface area (Å²) in [5, 5.41) is 3.59. The van der Waals surface area contributed by atoms with Crippen LogP contribution in [0, 0.1) is 5.92 Å². The highest BCUT2D eigenvalue weighted by atomic mass is 16.7. The minimum Gasteiger partial charge on any atom is -0.385 e. The van der Waals surface area contributed by atoms with Crippen molar-refractivity contribution in [2.45, 2.75) is 45.4 Å². The van der Waals surface area contributed by atoms with Gasteiger partial charge in [-0.1, -0.05) is 13.8 Å². The molecule has 0 spiro atoms. The van der Waals surface area contributed by atoms with E-state index in [9.17, 15) is 0 Å². The summed E-state index contributed by atoms with van der Waals surface area (Å²) in [6, 6.07) is 0.452. The van der Waals surface area contributed by atoms with Gasteiger partial charge in [0.2, 0.25) is 0 Å². The Morgan fingerprint density at radius 3 is 2.65 bits per heavy atom. The van der Waals surface area contributed by atoms with Crippen molar-refractivity contribution in [2.24, 2.45) is 5.92 Å². The molecular weight excluding hydrogens is 218 g/mol. The van der Waals surface area contributed by atoms with Crippen LogP contribution in [0.4, 0.5) is 0 Å². The van der Waals surface area contributed by atoms with E-state index in [0.29, 0.717) is 12.0 Å². The van der Waals surface area contributed by atoms with Gasteiger partial charge in [-0.05, 0) is 25.3 Å². The van der Waals surface area contributed by atoms with Crippen LogP contribution >= 0.6 is 0 Å². The Bertz CT molecular complexity index is 184. The minimum absolute atomic E-state index is 0.0191. The summed E-state index contributed by atoms with van der Waals surface area (Å²) < 4.78 is 16.2. The first kappa shape index (κ1) is 14.9. The van der Waals surface area contributed by atoms with Gasteiger partial charge in [0.25, 0.3) is 0 Å². The molecule has 0 aliphatic carbocycles. The number of ether oxygens (including phenoxy) is 3. The van der Waals surface area contributed by atoms with E-state index in [1.165, 1.54) is 0 Å². The van der Waals surface area contributed by atoms with Crippen LogP contribution in [0.15, 0.2) is 0 Å². The van der Waals surface area contributed by atoms with Crippen LogP contribution in [0.3, 0.4) is 0 Å². The first-order valence-corrected chi connectivity index (χ1v) is 6.73. The molecule has 1 N–H and O–H groups in total. The van der Waals surface area contributed by atoms with Crippen LogP contribution in [0.1, 0.15) is 33.1 Å². The number of rotatable bonds is 9. The van der Waals surface area contributed by atoms with Gasteiger partial charge in [-0.3, -0.25) is 0 Å². The SMILES string of the molecule is CCCNC(CC1OCCO1)C(C)CCOC. The summed E-state index contributed by atoms with van der Waals surface area (Å²) in [5.74, 6) is 0.578. The molecule has 17 heavy (non-hydrogen) atoms. The van der Waals surface area contributed by atoms with Crippen molar-refractivity contribution >= 4 is 0 Å². The van der Waals surface area contributed by atoms with Crippen molar-refractivity contribution in [3.8, 4) is 0 Å². The molecule has 2 atom stereocenters. The summed E-state index contributed by atoms with van der Waals surface area (Å²) in [6.07, 6.45) is 3.14. The van der Waals surface area contributed by atoms with E-state index in [1.54, 1.807) is 7.11 Å². The standard InChI is InChI=1S/C13H27NO3/c1-4-6-14-12(11(2)5-7-15-3)10-13-16-8-9-17-13/h11-14H,4-10H2,1-3H3. The topological polar surface area (TPSA) is 39.7 Å². The van der Waals surface area contributed by atoms with Crippen molar-refractivity contribution < 1.29 is 14.2 Å². The lowest BCUT2D eigenvalue weighted by molar-refractivity contribution is -0.0567. The van der Waals surface area contributed by atoms with Crippen molar-refractivity contribution in [1.29, 1.82) is 0 Å². The van der Waals surface area contributed by atoms with Crippen molar-refractivity contribution in [3.63, 3.8) is 0 Å². The lowest BCUT2D eigenvalue weighted by atomic mass is 9.95. The highest BCUT2D eigenvalue weighted by Crippen LogP contribution is 2.18. The molecule has 0 radical (unpaired) electrons. The third-order valence-corrected chi connectivity index (χ3v) is 3.26. The third-order valence-electron chi connectivity index (χ3n) is 3.26. The van der Waals surface area contributed by atoms with Crippen molar-refractivity contribution in [2.75, 3.05) is 33.5 Å². The molecule has 1 aliphatic heterocycles. The van der Waals surface area contributed by atoms with Gasteiger partial charge in [-0.2, -0.15) is 0 Å². The largest absolute Gasteiger partial charge is 0.385 e. The highest BCUT2D eigenvalue weighted by Gasteiger charge is 2.24. The monoisotopic (exact) mass is 245 g/mol. The number of nitrogens with one attached hydrogen (secondary N) is 1. The first-order valence-electron chi connectivity index (χ1n) is 6.73. The molecule has 1 fully saturated rings. The van der Waals surface area contributed by atoms with E-state index in [0.717, 1.165) is 45.6 Å². The molecular formula is C13H27NO3. The van der Waals surface area contributed by atoms with Crippen LogP contribution in [-0.2, 0) is 14.2 Å². The molecule has 1 heterocycles. The molecule has 102 valence electrons. The van der Waals surface area contributed by atoms with Gasteiger partial charge < -0.3 is 19.5 Å². The second-order valence-electron chi connectivity index (χ2n) is 4.73. The van der Waals surface area contributed by atoms with E-state index in [1.807, 2.05) is 0 Å². The minimum atomic E-state index is -0.0191. The molecule has 0 bridgehead atoms. The van der Waals surface area contributed by atoms with Crippen LogP contribution in [0.5, 0.6) is 0 Å². The van der Waals surface area contributed by atoms with Gasteiger partial charge in [-0.25, -0.2) is 0 Å². The second-order valence-corrected chi connectivity index (χ2v) is 4.73. The summed E-state index contributed by atoms with van der Waals surface area (Å²) >= 11 is 0. The third kappa shape index (κ3) is 5.82. The molecule has 4 heteroatoms. The Kier molecular flexibility index (Phi) is 7.77. The number of hydrogen-bond acceptors (Lipinski definition) is 4. The summed E-state index contributed by atoms with van der Waals surface area (Å²) in [5.41, 5.74) is 0. The molecule has 0 aromatic rings. The summed E-state index contributed by atoms with van der Waals surface area (Å²) in [7, 11) is 1.75. The van der Waals surface area contributed by atoms with Crippen LogP contribution < -0.4 is 5.32 Å². The summed E-state index contributed by atoms with van der Waals surface area (Å²) in [6.45, 7) is 7.79. The zero-order valence-electron chi connectivity index (χ0n) is 11.4. The molecule has 0 saturated carbocycles. The second kappa shape index (κ2) is 8.86. The number of methoxy groups -OCH3 is 1. The average Bonchev–Trinajstić information content (AvgIpc) is 2.84. The normalized spacial score (nSPS) is 20.6. The smallest absolute Gasteiger partial charge is 0.159 e. The van der Waals surface area contributed by atoms with Crippen molar-refractivity contribution in [1.82, 2.24) is 5.32 Å². The van der Waals surface area contributed by atoms with Gasteiger partial charge in [-0.15, -0.1) is 0 Å². The Morgan fingerprint density at radius 1 is 1.35 bits per heavy atom. The molecule has 1 aliphatic rings. The fourth-order valence-corrected chi connectivity index (χ4v) is 2.10. The van der Waals surface area contributed by atoms with E-state index in [2.05, 4.69) is 19.2 Å². The van der Waals surface area contributed by atoms with Gasteiger partial charge in [0.15, 0.2) is 6.29 Å². The Morgan fingerprint density at radius 2 is 2.06 bits per heavy atom. The maximum atomic E-state index is 5.52. The van der Waals surface area contributed by atoms with Gasteiger partial charge in [0, 0.05) is 26.2 Å². The molecule has 0 amide bonds. The van der Waals surface area contributed by atoms with Gasteiger partial charge >= 0.3 is 0 Å². The maximum absolute atomic E-state index is 5.52. The summed E-state index contributed by atoms with van der Waals surface area (Å²) in [4.78, 5) is 0. The Hall–Kier alpha value is -0.160. The van der Waals surface area contributed by atoms with Gasteiger partial charge in [0.1, 0.15) is 0 Å². The predicted molar refractivity (Wildman–Crippen MR) is 68.0 cm³/mol. The van der Waals surface area contributed by atoms with E-state index in [-0.39, 0.29) is 6.29 Å². The predicted octanol–water partition coefficient (Wildman–Crippen LogP) is 1.79. The quantitative estimate of drug-likeness (QED) is 0.672. The fraction of sp³-hybridized carbons (Fsp3) is 1.00. The molecule has 1 saturated heterocycles. The van der Waals surface area contributed by atoms with Crippen LogP contribution in [-0.4, -0.2) is 45.8 Å². The lowest BCUT2D eigenvalue weighted by Crippen LogP contribution is -2.39. The zero-order chi connectivity index (χ0) is 12.5. The number of hydrogen-bond donors (Lipinski definition) is 1. The Balaban J connectivity index is 2.34. The van der Waals surface area contributed by atoms with E-state index < -0.39 is 0 Å². The fourth-order valence-electron chi connectivity index (χ4n) is 2.10.